The summed E-state index contributed by atoms with van der Waals surface area (Å²) in [4.78, 5) is 26.3. The van der Waals surface area contributed by atoms with Gasteiger partial charge >= 0.3 is 11.9 Å². The molecule has 1 fully saturated rings. The first-order valence-electron chi connectivity index (χ1n) is 5.98. The van der Waals surface area contributed by atoms with Gasteiger partial charge in [0.1, 0.15) is 0 Å². The average molecular weight is 275 g/mol. The van der Waals surface area contributed by atoms with Gasteiger partial charge in [0, 0.05) is 6.42 Å². The number of nitrogens with zero attached hydrogens (tertiary/aromatic N) is 3. The lowest BCUT2D eigenvalue weighted by molar-refractivity contribution is -0.714. The molecule has 0 bridgehead atoms. The molecule has 19 heavy (non-hydrogen) atoms. The Morgan fingerprint density at radius 2 is 2.32 bits per heavy atom. The molecular formula is C10H17N3O6. The largest absolute Gasteiger partial charge is 0.569 e. The van der Waals surface area contributed by atoms with Crippen molar-refractivity contribution in [2.75, 3.05) is 19.9 Å². The van der Waals surface area contributed by atoms with E-state index in [0.717, 1.165) is 0 Å². The molecule has 0 aromatic heterocycles. The van der Waals surface area contributed by atoms with E-state index in [1.165, 1.54) is 5.01 Å². The minimum Gasteiger partial charge on any atom is -0.569 e. The lowest BCUT2D eigenvalue weighted by Crippen LogP contribution is -2.42. The maximum absolute atomic E-state index is 11.5. The van der Waals surface area contributed by atoms with Gasteiger partial charge in [-0.15, -0.1) is 5.01 Å². The predicted molar refractivity (Wildman–Crippen MR) is 60.3 cm³/mol. The van der Waals surface area contributed by atoms with Crippen molar-refractivity contribution in [3.05, 3.63) is 5.21 Å². The van der Waals surface area contributed by atoms with Crippen LogP contribution in [-0.4, -0.2) is 46.9 Å². The number of carbonyl (C=O) groups excluding carboxylic acids is 1. The van der Waals surface area contributed by atoms with Gasteiger partial charge in [0.15, 0.2) is 0 Å². The number of ether oxygens (including phenoxy) is 1. The molecule has 0 aromatic rings. The molecule has 1 saturated heterocycles. The predicted octanol–water partition coefficient (Wildman–Crippen LogP) is 0.503. The number of hydrogen-bond donors (Lipinski definition) is 1. The van der Waals surface area contributed by atoms with Gasteiger partial charge in [0.05, 0.1) is 24.0 Å². The van der Waals surface area contributed by atoms with Gasteiger partial charge in [-0.1, -0.05) is 6.92 Å². The Morgan fingerprint density at radius 3 is 2.95 bits per heavy atom. The Kier molecular flexibility index (Phi) is 5.83. The Bertz CT molecular complexity index is 359. The van der Waals surface area contributed by atoms with Crippen LogP contribution in [0.25, 0.3) is 0 Å². The second-order valence-corrected chi connectivity index (χ2v) is 4.04. The maximum Gasteiger partial charge on any atom is 0.308 e. The minimum atomic E-state index is -0.934. The minimum absolute atomic E-state index is 0.0838. The van der Waals surface area contributed by atoms with Crippen LogP contribution in [0.3, 0.4) is 0 Å². The number of hydrazine groups is 1. The normalized spacial score (nSPS) is 19.9. The summed E-state index contributed by atoms with van der Waals surface area (Å²) < 4.78 is 4.56. The van der Waals surface area contributed by atoms with Crippen LogP contribution < -0.4 is 0 Å². The monoisotopic (exact) mass is 275 g/mol. The van der Waals surface area contributed by atoms with Gasteiger partial charge in [-0.3, -0.25) is 9.59 Å². The molecule has 9 nitrogen and oxygen atoms in total. The zero-order valence-electron chi connectivity index (χ0n) is 10.7. The first-order valence-corrected chi connectivity index (χ1v) is 5.98. The van der Waals surface area contributed by atoms with E-state index in [4.69, 9.17) is 5.11 Å². The molecule has 1 N–H and O–H groups in total. The van der Waals surface area contributed by atoms with Crippen LogP contribution >= 0.6 is 0 Å². The fourth-order valence-electron chi connectivity index (χ4n) is 1.63. The summed E-state index contributed by atoms with van der Waals surface area (Å²) in [5.41, 5.74) is 0. The van der Waals surface area contributed by atoms with Crippen LogP contribution in [0.5, 0.6) is 0 Å². The van der Waals surface area contributed by atoms with Crippen molar-refractivity contribution in [1.82, 2.24) is 5.01 Å². The zero-order chi connectivity index (χ0) is 14.3. The molecule has 0 aliphatic carbocycles. The number of piperidine rings is 1. The molecular weight excluding hydrogens is 258 g/mol. The summed E-state index contributed by atoms with van der Waals surface area (Å²) in [6, 6.07) is 0. The standard InChI is InChI=1S/C10H17N3O6/c1-2-9(14)18-7-19-11-13(17)12-5-3-4-8(6-12)10(15)16/h8H,2-7H2,1H3,(H,15,16). The summed E-state index contributed by atoms with van der Waals surface area (Å²) >= 11 is 0. The molecule has 9 heteroatoms. The van der Waals surface area contributed by atoms with Gasteiger partial charge in [-0.05, 0) is 12.8 Å². The van der Waals surface area contributed by atoms with Crippen LogP contribution in [0.4, 0.5) is 0 Å². The zero-order valence-corrected chi connectivity index (χ0v) is 10.7. The number of esters is 1. The first-order chi connectivity index (χ1) is 9.04. The van der Waals surface area contributed by atoms with Crippen LogP contribution in [0.15, 0.2) is 5.28 Å². The number of carboxylic acid groups (broad SMARTS) is 1. The van der Waals surface area contributed by atoms with E-state index < -0.39 is 24.6 Å². The van der Waals surface area contributed by atoms with Crippen LogP contribution in [-0.2, 0) is 19.2 Å². The first kappa shape index (κ1) is 15.0. The number of carboxylic acids is 1. The van der Waals surface area contributed by atoms with Crippen LogP contribution in [0.2, 0.25) is 0 Å². The highest BCUT2D eigenvalue weighted by Gasteiger charge is 2.29. The van der Waals surface area contributed by atoms with Gasteiger partial charge in [0.2, 0.25) is 5.28 Å². The lowest BCUT2D eigenvalue weighted by atomic mass is 10.00. The lowest BCUT2D eigenvalue weighted by Gasteiger charge is -2.26. The van der Waals surface area contributed by atoms with Crippen molar-refractivity contribution in [3.63, 3.8) is 0 Å². The maximum atomic E-state index is 11.5. The number of carbonyl (C=O) groups is 2. The fraction of sp³-hybridized carbons (Fsp3) is 0.800. The third kappa shape index (κ3) is 4.98. The van der Waals surface area contributed by atoms with Gasteiger partial charge in [0.25, 0.3) is 6.79 Å². The van der Waals surface area contributed by atoms with Crippen LogP contribution in [0.1, 0.15) is 26.2 Å². The summed E-state index contributed by atoms with van der Waals surface area (Å²) in [7, 11) is 0. The molecule has 1 rings (SSSR count). The summed E-state index contributed by atoms with van der Waals surface area (Å²) in [5, 5.41) is 24.8. The van der Waals surface area contributed by atoms with Crippen LogP contribution in [0, 0.1) is 11.1 Å². The molecule has 108 valence electrons. The van der Waals surface area contributed by atoms with E-state index >= 15 is 0 Å². The highest BCUT2D eigenvalue weighted by molar-refractivity contribution is 5.70. The van der Waals surface area contributed by atoms with Crippen molar-refractivity contribution in [3.8, 4) is 0 Å². The topological polar surface area (TPSA) is 114 Å². The molecule has 1 atom stereocenters. The Balaban J connectivity index is 2.37. The van der Waals surface area contributed by atoms with Crippen molar-refractivity contribution in [2.45, 2.75) is 26.2 Å². The molecule has 1 aliphatic heterocycles. The molecule has 0 spiro atoms. The summed E-state index contributed by atoms with van der Waals surface area (Å²) in [6.45, 7) is 1.68. The Morgan fingerprint density at radius 1 is 1.58 bits per heavy atom. The van der Waals surface area contributed by atoms with Gasteiger partial charge in [-0.2, -0.15) is 0 Å². The Labute approximate surface area is 109 Å². The van der Waals surface area contributed by atoms with Crippen molar-refractivity contribution in [1.29, 1.82) is 0 Å². The van der Waals surface area contributed by atoms with Crippen molar-refractivity contribution in [2.24, 2.45) is 11.2 Å². The molecule has 0 saturated carbocycles. The molecule has 0 radical (unpaired) electrons. The highest BCUT2D eigenvalue weighted by atomic mass is 16.8. The molecule has 1 aliphatic rings. The van der Waals surface area contributed by atoms with Crippen molar-refractivity contribution < 1.29 is 29.2 Å². The quantitative estimate of drug-likeness (QED) is 0.187. The summed E-state index contributed by atoms with van der Waals surface area (Å²) in [5.74, 6) is -1.98. The number of aliphatic carboxylic acids is 1. The van der Waals surface area contributed by atoms with E-state index in [9.17, 15) is 14.8 Å². The fourth-order valence-corrected chi connectivity index (χ4v) is 1.63. The van der Waals surface area contributed by atoms with Gasteiger partial charge in [-0.25, -0.2) is 0 Å². The Hall–Kier alpha value is -2.06. The van der Waals surface area contributed by atoms with E-state index in [1.807, 2.05) is 0 Å². The molecule has 1 unspecified atom stereocenters. The third-order valence-corrected chi connectivity index (χ3v) is 2.68. The second kappa shape index (κ2) is 7.39. The molecule has 0 amide bonds. The third-order valence-electron chi connectivity index (χ3n) is 2.68. The van der Waals surface area contributed by atoms with E-state index in [0.29, 0.717) is 19.4 Å². The SMILES string of the molecule is CCC(=O)OCON=[N+]([O-])N1CCCC(C(=O)O)C1. The average Bonchev–Trinajstić information content (AvgIpc) is 2.43. The van der Waals surface area contributed by atoms with E-state index in [-0.39, 0.29) is 17.9 Å². The highest BCUT2D eigenvalue weighted by Crippen LogP contribution is 2.16. The molecule has 0 aromatic carbocycles. The number of rotatable bonds is 6. The summed E-state index contributed by atoms with van der Waals surface area (Å²) in [6.07, 6.45) is 1.33. The van der Waals surface area contributed by atoms with E-state index in [2.05, 4.69) is 14.9 Å². The second-order valence-electron chi connectivity index (χ2n) is 4.04. The number of hydrogen-bond acceptors (Lipinski definition) is 6. The smallest absolute Gasteiger partial charge is 0.308 e. The van der Waals surface area contributed by atoms with Gasteiger partial charge < -0.3 is 19.9 Å². The molecule has 1 heterocycles. The van der Waals surface area contributed by atoms with Crippen molar-refractivity contribution >= 4 is 11.9 Å². The van der Waals surface area contributed by atoms with E-state index in [1.54, 1.807) is 6.92 Å².